The molecule has 0 unspecified atom stereocenters. The second kappa shape index (κ2) is 11.8. The topological polar surface area (TPSA) is 56.7 Å². The molecule has 2 rings (SSSR count). The molecule has 0 heterocycles. The van der Waals surface area contributed by atoms with Crippen molar-refractivity contribution in [3.05, 3.63) is 70.8 Å². The van der Waals surface area contributed by atoms with Gasteiger partial charge < -0.3 is 15.5 Å². The van der Waals surface area contributed by atoms with Crippen LogP contribution in [0, 0.1) is 6.92 Å². The monoisotopic (exact) mass is 534 g/mol. The molecule has 2 N–H and O–H groups in total. The number of aryl methyl sites for hydroxylation is 1. The molecule has 164 valence electrons. The third-order valence-electron chi connectivity index (χ3n) is 4.29. The molecule has 0 fully saturated rings. The van der Waals surface area contributed by atoms with Crippen LogP contribution in [0.15, 0.2) is 53.5 Å². The zero-order chi connectivity index (χ0) is 21.4. The summed E-state index contributed by atoms with van der Waals surface area (Å²) in [6, 6.07) is 12.9. The minimum Gasteiger partial charge on any atom is -0.352 e. The van der Waals surface area contributed by atoms with Crippen LogP contribution >= 0.6 is 24.0 Å². The Morgan fingerprint density at radius 3 is 2.40 bits per heavy atom. The Bertz CT molecular complexity index is 869. The number of hydrogen-bond donors (Lipinski definition) is 2. The molecule has 0 aliphatic carbocycles. The lowest BCUT2D eigenvalue weighted by atomic mass is 10.1. The highest BCUT2D eigenvalue weighted by Crippen LogP contribution is 2.29. The van der Waals surface area contributed by atoms with Gasteiger partial charge in [0.25, 0.3) is 0 Å². The van der Waals surface area contributed by atoms with Crippen molar-refractivity contribution in [2.75, 3.05) is 20.6 Å². The van der Waals surface area contributed by atoms with Crippen LogP contribution in [0.4, 0.5) is 13.2 Å². The van der Waals surface area contributed by atoms with Crippen LogP contribution in [-0.2, 0) is 24.1 Å². The van der Waals surface area contributed by atoms with Gasteiger partial charge in [-0.1, -0.05) is 36.4 Å². The zero-order valence-electron chi connectivity index (χ0n) is 17.1. The maximum absolute atomic E-state index is 12.9. The zero-order valence-corrected chi connectivity index (χ0v) is 19.4. The fraction of sp³-hybridized carbons (Fsp3) is 0.333. The van der Waals surface area contributed by atoms with Gasteiger partial charge in [-0.25, -0.2) is 4.99 Å². The SMILES string of the molecule is Cc1ccccc1CNC(=NCc1cccc(C(F)(F)F)c1)NCC(=O)N(C)C.I. The van der Waals surface area contributed by atoms with Gasteiger partial charge in [0, 0.05) is 20.6 Å². The highest BCUT2D eigenvalue weighted by Gasteiger charge is 2.30. The number of nitrogens with zero attached hydrogens (tertiary/aromatic N) is 2. The molecule has 0 aromatic heterocycles. The summed E-state index contributed by atoms with van der Waals surface area (Å²) >= 11 is 0. The predicted octanol–water partition coefficient (Wildman–Crippen LogP) is 3.96. The van der Waals surface area contributed by atoms with Crippen LogP contribution in [0.5, 0.6) is 0 Å². The van der Waals surface area contributed by atoms with Crippen LogP contribution < -0.4 is 10.6 Å². The second-order valence-electron chi connectivity index (χ2n) is 6.78. The highest BCUT2D eigenvalue weighted by molar-refractivity contribution is 14.0. The number of likely N-dealkylation sites (N-methyl/N-ethyl adjacent to an activating group) is 1. The van der Waals surface area contributed by atoms with Gasteiger partial charge in [-0.15, -0.1) is 24.0 Å². The maximum atomic E-state index is 12.9. The largest absolute Gasteiger partial charge is 0.416 e. The van der Waals surface area contributed by atoms with Crippen molar-refractivity contribution in [1.82, 2.24) is 15.5 Å². The van der Waals surface area contributed by atoms with Crippen molar-refractivity contribution in [3.8, 4) is 0 Å². The Labute approximate surface area is 191 Å². The first-order chi connectivity index (χ1) is 13.7. The number of halogens is 4. The van der Waals surface area contributed by atoms with Gasteiger partial charge in [0.1, 0.15) is 0 Å². The van der Waals surface area contributed by atoms with E-state index < -0.39 is 11.7 Å². The van der Waals surface area contributed by atoms with Gasteiger partial charge in [-0.05, 0) is 35.7 Å². The summed E-state index contributed by atoms with van der Waals surface area (Å²) in [4.78, 5) is 17.7. The molecule has 0 saturated carbocycles. The van der Waals surface area contributed by atoms with E-state index in [0.717, 1.165) is 23.3 Å². The number of alkyl halides is 3. The van der Waals surface area contributed by atoms with E-state index in [0.29, 0.717) is 18.1 Å². The summed E-state index contributed by atoms with van der Waals surface area (Å²) in [6.45, 7) is 2.52. The van der Waals surface area contributed by atoms with Gasteiger partial charge in [-0.2, -0.15) is 13.2 Å². The summed E-state index contributed by atoms with van der Waals surface area (Å²) in [5.41, 5.74) is 1.87. The van der Waals surface area contributed by atoms with E-state index in [-0.39, 0.29) is 43.0 Å². The Kier molecular flexibility index (Phi) is 10.1. The lowest BCUT2D eigenvalue weighted by molar-refractivity contribution is -0.137. The van der Waals surface area contributed by atoms with E-state index in [4.69, 9.17) is 0 Å². The van der Waals surface area contributed by atoms with Gasteiger partial charge in [-0.3, -0.25) is 4.79 Å². The standard InChI is InChI=1S/C21H25F3N4O.HI/c1-15-7-4-5-9-17(15)13-26-20(27-14-19(29)28(2)3)25-12-16-8-6-10-18(11-16)21(22,23)24;/h4-11H,12-14H2,1-3H3,(H2,25,26,27);1H. The first-order valence-corrected chi connectivity index (χ1v) is 9.10. The Morgan fingerprint density at radius 1 is 1.07 bits per heavy atom. The van der Waals surface area contributed by atoms with E-state index >= 15 is 0 Å². The van der Waals surface area contributed by atoms with Crippen LogP contribution in [0.3, 0.4) is 0 Å². The fourth-order valence-electron chi connectivity index (χ4n) is 2.50. The van der Waals surface area contributed by atoms with Crippen LogP contribution in [0.25, 0.3) is 0 Å². The number of hydrogen-bond acceptors (Lipinski definition) is 2. The van der Waals surface area contributed by atoms with Crippen molar-refractivity contribution in [3.63, 3.8) is 0 Å². The molecular weight excluding hydrogens is 508 g/mol. The summed E-state index contributed by atoms with van der Waals surface area (Å²) in [5, 5.41) is 6.06. The van der Waals surface area contributed by atoms with Crippen LogP contribution in [0.1, 0.15) is 22.3 Å². The van der Waals surface area contributed by atoms with Crippen LogP contribution in [0.2, 0.25) is 0 Å². The summed E-state index contributed by atoms with van der Waals surface area (Å²) in [6.07, 6.45) is -4.40. The summed E-state index contributed by atoms with van der Waals surface area (Å²) < 4.78 is 38.7. The number of amides is 1. The highest BCUT2D eigenvalue weighted by atomic mass is 127. The number of guanidine groups is 1. The fourth-order valence-corrected chi connectivity index (χ4v) is 2.50. The molecule has 0 saturated heterocycles. The average Bonchev–Trinajstić information content (AvgIpc) is 2.67. The number of aliphatic imine (C=N–C) groups is 1. The quantitative estimate of drug-likeness (QED) is 0.336. The Hall–Kier alpha value is -2.30. The second-order valence-corrected chi connectivity index (χ2v) is 6.78. The maximum Gasteiger partial charge on any atom is 0.416 e. The van der Waals surface area contributed by atoms with Gasteiger partial charge in [0.2, 0.25) is 5.91 Å². The number of carbonyl (C=O) groups excluding carboxylic acids is 1. The Balaban J connectivity index is 0.00000450. The molecule has 9 heteroatoms. The smallest absolute Gasteiger partial charge is 0.352 e. The van der Waals surface area contributed by atoms with Crippen molar-refractivity contribution in [2.24, 2.45) is 4.99 Å². The molecule has 2 aromatic carbocycles. The van der Waals surface area contributed by atoms with Crippen molar-refractivity contribution >= 4 is 35.8 Å². The van der Waals surface area contributed by atoms with E-state index in [2.05, 4.69) is 15.6 Å². The van der Waals surface area contributed by atoms with Gasteiger partial charge in [0.05, 0.1) is 18.7 Å². The third kappa shape index (κ3) is 8.21. The predicted molar refractivity (Wildman–Crippen MR) is 123 cm³/mol. The number of rotatable bonds is 6. The first kappa shape index (κ1) is 25.7. The molecule has 0 aliphatic rings. The third-order valence-corrected chi connectivity index (χ3v) is 4.29. The lowest BCUT2D eigenvalue weighted by Crippen LogP contribution is -2.42. The first-order valence-electron chi connectivity index (χ1n) is 9.10. The van der Waals surface area contributed by atoms with Crippen molar-refractivity contribution < 1.29 is 18.0 Å². The molecule has 0 atom stereocenters. The molecule has 5 nitrogen and oxygen atoms in total. The van der Waals surface area contributed by atoms with Gasteiger partial charge in [0.15, 0.2) is 5.96 Å². The number of benzene rings is 2. The van der Waals surface area contributed by atoms with Gasteiger partial charge >= 0.3 is 6.18 Å². The average molecular weight is 534 g/mol. The van der Waals surface area contributed by atoms with E-state index in [1.165, 1.54) is 11.0 Å². The normalized spacial score (nSPS) is 11.5. The molecule has 30 heavy (non-hydrogen) atoms. The Morgan fingerprint density at radius 2 is 1.77 bits per heavy atom. The minimum absolute atomic E-state index is 0. The molecule has 0 bridgehead atoms. The molecule has 0 spiro atoms. The van der Waals surface area contributed by atoms with Crippen molar-refractivity contribution in [1.29, 1.82) is 0 Å². The molecule has 0 radical (unpaired) electrons. The molecule has 0 aliphatic heterocycles. The van der Waals surface area contributed by atoms with E-state index in [1.54, 1.807) is 20.2 Å². The summed E-state index contributed by atoms with van der Waals surface area (Å²) in [5.74, 6) is 0.204. The van der Waals surface area contributed by atoms with Crippen molar-refractivity contribution in [2.45, 2.75) is 26.2 Å². The number of nitrogens with one attached hydrogen (secondary N) is 2. The molecule has 1 amide bonds. The number of carbonyl (C=O) groups is 1. The summed E-state index contributed by atoms with van der Waals surface area (Å²) in [7, 11) is 3.29. The molecular formula is C21H26F3IN4O. The van der Waals surface area contributed by atoms with E-state index in [9.17, 15) is 18.0 Å². The minimum atomic E-state index is -4.40. The van der Waals surface area contributed by atoms with Crippen LogP contribution in [-0.4, -0.2) is 37.4 Å². The van der Waals surface area contributed by atoms with E-state index in [1.807, 2.05) is 31.2 Å². The lowest BCUT2D eigenvalue weighted by Gasteiger charge is -2.16. The molecule has 2 aromatic rings.